The molecule has 0 amide bonds. The molecule has 4 rings (SSSR count). The van der Waals surface area contributed by atoms with Crippen LogP contribution in [0.2, 0.25) is 0 Å². The number of nitrogens with zero attached hydrogens (tertiary/aromatic N) is 5. The predicted octanol–water partition coefficient (Wildman–Crippen LogP) is -6.18. The summed E-state index contributed by atoms with van der Waals surface area (Å²) in [4.78, 5) is 48.4. The number of rotatable bonds is 13. The Morgan fingerprint density at radius 2 is 1.52 bits per heavy atom. The SMILES string of the molecule is O=c1nc(/N=C\CSOO[O-])nc(Nc2cccc3c(Nc4nc(NCCS(=O)(=O)[O-])nc(=O)[nH]4)cccc23)[nH]1.[Na+].[Na+]. The maximum absolute atomic E-state index is 12.0. The van der Waals surface area contributed by atoms with E-state index in [1.54, 1.807) is 36.4 Å². The number of hydrogen-bond donors (Lipinski definition) is 5. The van der Waals surface area contributed by atoms with Gasteiger partial charge in [-0.25, -0.2) is 23.0 Å². The molecule has 0 bridgehead atoms. The molecule has 0 spiro atoms. The first-order valence-corrected chi connectivity index (χ1v) is 13.5. The zero-order valence-corrected chi connectivity index (χ0v) is 27.6. The van der Waals surface area contributed by atoms with E-state index in [2.05, 4.69) is 60.2 Å². The second-order valence-corrected chi connectivity index (χ2v) is 9.73. The molecule has 18 nitrogen and oxygen atoms in total. The van der Waals surface area contributed by atoms with Gasteiger partial charge >= 0.3 is 70.5 Å². The van der Waals surface area contributed by atoms with Crippen molar-refractivity contribution in [2.24, 2.45) is 4.99 Å². The molecule has 5 N–H and O–H groups in total. The van der Waals surface area contributed by atoms with Gasteiger partial charge in [0.2, 0.25) is 17.8 Å². The quantitative estimate of drug-likeness (QED) is 0.0174. The van der Waals surface area contributed by atoms with Crippen LogP contribution in [0.3, 0.4) is 0 Å². The van der Waals surface area contributed by atoms with Crippen LogP contribution >= 0.6 is 12.0 Å². The summed E-state index contributed by atoms with van der Waals surface area (Å²) in [6, 6.07) is 10.5. The monoisotopic (exact) mass is 636 g/mol. The average Bonchev–Trinajstić information content (AvgIpc) is 2.88. The molecule has 2 heterocycles. The number of benzene rings is 2. The number of H-pyrrole nitrogens is 2. The molecular formula is C20H18N10Na2O8S2. The Morgan fingerprint density at radius 3 is 2.12 bits per heavy atom. The molecule has 0 saturated carbocycles. The van der Waals surface area contributed by atoms with Gasteiger partial charge in [-0.15, -0.1) is 0 Å². The summed E-state index contributed by atoms with van der Waals surface area (Å²) >= 11 is 0.681. The maximum Gasteiger partial charge on any atom is 1.00 e. The molecule has 2 aromatic heterocycles. The fourth-order valence-corrected chi connectivity index (χ4v) is 3.86. The summed E-state index contributed by atoms with van der Waals surface area (Å²) in [7, 11) is -4.46. The van der Waals surface area contributed by atoms with Gasteiger partial charge in [0.05, 0.1) is 21.6 Å². The number of aliphatic imine (C=N–C) groups is 1. The van der Waals surface area contributed by atoms with E-state index in [-0.39, 0.29) is 95.2 Å². The Bertz CT molecular complexity index is 1760. The first kappa shape index (κ1) is 35.7. The number of anilines is 5. The Morgan fingerprint density at radius 1 is 0.929 bits per heavy atom. The number of hydrogen-bond acceptors (Lipinski definition) is 17. The van der Waals surface area contributed by atoms with Crippen molar-refractivity contribution in [1.29, 1.82) is 0 Å². The van der Waals surface area contributed by atoms with E-state index in [1.165, 1.54) is 6.21 Å². The number of fused-ring (bicyclic) bond motifs is 1. The van der Waals surface area contributed by atoms with Gasteiger partial charge in [-0.2, -0.15) is 24.3 Å². The second kappa shape index (κ2) is 17.0. The van der Waals surface area contributed by atoms with Crippen molar-refractivity contribution >= 4 is 74.3 Å². The molecule has 0 unspecified atom stereocenters. The van der Waals surface area contributed by atoms with Crippen molar-refractivity contribution in [3.05, 3.63) is 57.4 Å². The standard InChI is InChI=1S/C20H20N10O8S2.2Na/c31-19-27-15(21-7-9-39-38-37-33)25-17(29-19)23-13-5-1-4-12-11(13)3-2-6-14(12)24-18-26-16(28-20(32)30-18)22-8-10-40(34,35)36;;/h1-7,33H,8-10H2,(H,34,35,36)(H2,23,25,27,29,31)(H3,22,24,26,28,30,32);;/q;2*+1/p-2/b21-7-;;. The molecule has 0 radical (unpaired) electrons. The molecule has 0 aliphatic heterocycles. The van der Waals surface area contributed by atoms with E-state index in [9.17, 15) is 27.8 Å². The van der Waals surface area contributed by atoms with Gasteiger partial charge in [0.25, 0.3) is 5.95 Å². The summed E-state index contributed by atoms with van der Waals surface area (Å²) in [5, 5.41) is 22.9. The van der Waals surface area contributed by atoms with E-state index in [0.717, 1.165) is 0 Å². The smallest absolute Gasteiger partial charge is 0.748 e. The Balaban J connectivity index is 0.00000308. The fourth-order valence-electron chi connectivity index (χ4n) is 3.28. The first-order chi connectivity index (χ1) is 19.2. The summed E-state index contributed by atoms with van der Waals surface area (Å²) in [5.41, 5.74) is -0.376. The van der Waals surface area contributed by atoms with E-state index >= 15 is 0 Å². The van der Waals surface area contributed by atoms with Gasteiger partial charge in [0.1, 0.15) is 0 Å². The van der Waals surface area contributed by atoms with E-state index in [4.69, 9.17) is 0 Å². The number of nitrogens with one attached hydrogen (secondary N) is 5. The largest absolute Gasteiger partial charge is 1.00 e. The third-order valence-corrected chi connectivity index (χ3v) is 5.92. The van der Waals surface area contributed by atoms with Gasteiger partial charge in [0.15, 0.2) is 0 Å². The maximum atomic E-state index is 12.0. The third kappa shape index (κ3) is 11.0. The topological polar surface area (TPSA) is 264 Å². The van der Waals surface area contributed by atoms with Crippen LogP contribution in [0, 0.1) is 0 Å². The molecule has 0 atom stereocenters. The van der Waals surface area contributed by atoms with Crippen molar-refractivity contribution in [2.45, 2.75) is 0 Å². The number of aromatic nitrogens is 6. The van der Waals surface area contributed by atoms with E-state index in [0.29, 0.717) is 34.2 Å². The van der Waals surface area contributed by atoms with Crippen LogP contribution in [0.4, 0.5) is 35.2 Å². The Kier molecular flexibility index (Phi) is 14.4. The fraction of sp³-hybridized carbons (Fsp3) is 0.150. The Hall–Kier alpha value is -2.47. The van der Waals surface area contributed by atoms with Crippen LogP contribution in [0.15, 0.2) is 51.0 Å². The molecule has 4 aromatic rings. The van der Waals surface area contributed by atoms with Crippen molar-refractivity contribution in [2.75, 3.05) is 34.0 Å². The molecule has 0 aliphatic rings. The molecule has 2 aromatic carbocycles. The zero-order valence-electron chi connectivity index (χ0n) is 22.0. The third-order valence-electron chi connectivity index (χ3n) is 4.78. The minimum Gasteiger partial charge on any atom is -0.748 e. The van der Waals surface area contributed by atoms with Gasteiger partial charge in [0, 0.05) is 46.9 Å². The van der Waals surface area contributed by atoms with Crippen LogP contribution in [0.5, 0.6) is 0 Å². The Labute approximate surface area is 285 Å². The normalized spacial score (nSPS) is 11.1. The van der Waals surface area contributed by atoms with Crippen LogP contribution < -0.4 is 91.7 Å². The molecule has 22 heteroatoms. The minimum absolute atomic E-state index is 0. The molecule has 0 aliphatic carbocycles. The van der Waals surface area contributed by atoms with Gasteiger partial charge in [-0.05, 0) is 12.1 Å². The number of aromatic amines is 2. The molecular weight excluding hydrogens is 618 g/mol. The first-order valence-electron chi connectivity index (χ1n) is 11.0. The van der Waals surface area contributed by atoms with Gasteiger partial charge in [-0.1, -0.05) is 24.3 Å². The van der Waals surface area contributed by atoms with Crippen molar-refractivity contribution in [1.82, 2.24) is 29.9 Å². The summed E-state index contributed by atoms with van der Waals surface area (Å²) in [5.74, 6) is -0.817. The van der Waals surface area contributed by atoms with Crippen molar-refractivity contribution < 1.29 is 86.7 Å². The van der Waals surface area contributed by atoms with Crippen molar-refractivity contribution in [3.63, 3.8) is 0 Å². The van der Waals surface area contributed by atoms with Crippen LogP contribution in [-0.4, -0.2) is 67.1 Å². The molecule has 42 heavy (non-hydrogen) atoms. The average molecular weight is 637 g/mol. The zero-order chi connectivity index (χ0) is 28.5. The summed E-state index contributed by atoms with van der Waals surface area (Å²) in [6.45, 7) is -0.278. The van der Waals surface area contributed by atoms with Crippen LogP contribution in [-0.2, 0) is 19.5 Å². The summed E-state index contributed by atoms with van der Waals surface area (Å²) in [6.07, 6.45) is 1.32. The van der Waals surface area contributed by atoms with Crippen molar-refractivity contribution in [3.8, 4) is 0 Å². The minimum atomic E-state index is -4.46. The van der Waals surface area contributed by atoms with Crippen LogP contribution in [0.1, 0.15) is 0 Å². The predicted molar refractivity (Wildman–Crippen MR) is 142 cm³/mol. The van der Waals surface area contributed by atoms with Gasteiger partial charge in [-0.3, -0.25) is 15.0 Å². The second-order valence-electron chi connectivity index (χ2n) is 7.51. The molecule has 210 valence electrons. The van der Waals surface area contributed by atoms with E-state index in [1.807, 2.05) is 0 Å². The van der Waals surface area contributed by atoms with Crippen LogP contribution in [0.25, 0.3) is 10.8 Å². The molecule has 0 fully saturated rings. The van der Waals surface area contributed by atoms with Gasteiger partial charge < -0.3 is 25.8 Å². The van der Waals surface area contributed by atoms with E-state index < -0.39 is 27.3 Å². The molecule has 0 saturated heterocycles. The summed E-state index contributed by atoms with van der Waals surface area (Å²) < 4.78 is 36.5.